The van der Waals surface area contributed by atoms with E-state index in [1.165, 1.54) is 0 Å². The Balaban J connectivity index is 1.63. The van der Waals surface area contributed by atoms with Crippen LogP contribution in [0, 0.1) is 5.92 Å². The minimum Gasteiger partial charge on any atom is -0.492 e. The standard InChI is InChI=1S/C21H24N2O3/c1-3-23(4-2)21(25)15-9-11-18(12-10-15)22-20(24)17-13-16-7-5-6-8-19(16)26-14-17/h5-12,17H,3-4,13-14H2,1-2H3,(H,22,24). The van der Waals surface area contributed by atoms with Gasteiger partial charge in [0, 0.05) is 24.3 Å². The van der Waals surface area contributed by atoms with Crippen LogP contribution < -0.4 is 10.1 Å². The second-order valence-electron chi connectivity index (χ2n) is 6.36. The number of nitrogens with one attached hydrogen (secondary N) is 1. The molecule has 26 heavy (non-hydrogen) atoms. The van der Waals surface area contributed by atoms with Crippen molar-refractivity contribution in [1.82, 2.24) is 4.90 Å². The van der Waals surface area contributed by atoms with Crippen LogP contribution in [0.3, 0.4) is 0 Å². The monoisotopic (exact) mass is 352 g/mol. The van der Waals surface area contributed by atoms with Gasteiger partial charge in [-0.25, -0.2) is 0 Å². The summed E-state index contributed by atoms with van der Waals surface area (Å²) in [4.78, 5) is 26.6. The van der Waals surface area contributed by atoms with Crippen molar-refractivity contribution in [1.29, 1.82) is 0 Å². The van der Waals surface area contributed by atoms with E-state index in [0.717, 1.165) is 11.3 Å². The van der Waals surface area contributed by atoms with Crippen LogP contribution in [0.1, 0.15) is 29.8 Å². The van der Waals surface area contributed by atoms with E-state index < -0.39 is 0 Å². The molecule has 0 fully saturated rings. The number of benzene rings is 2. The van der Waals surface area contributed by atoms with Crippen LogP contribution in [0.15, 0.2) is 48.5 Å². The first-order valence-electron chi connectivity index (χ1n) is 9.03. The third-order valence-corrected chi connectivity index (χ3v) is 4.70. The molecule has 0 bridgehead atoms. The quantitative estimate of drug-likeness (QED) is 0.898. The number of hydrogen-bond donors (Lipinski definition) is 1. The average molecular weight is 352 g/mol. The van der Waals surface area contributed by atoms with Crippen molar-refractivity contribution < 1.29 is 14.3 Å². The van der Waals surface area contributed by atoms with Gasteiger partial charge in [-0.15, -0.1) is 0 Å². The van der Waals surface area contributed by atoms with Crippen molar-refractivity contribution >= 4 is 17.5 Å². The molecular formula is C21H24N2O3. The summed E-state index contributed by atoms with van der Waals surface area (Å²) in [5.41, 5.74) is 2.37. The molecule has 1 aliphatic heterocycles. The van der Waals surface area contributed by atoms with E-state index in [4.69, 9.17) is 4.74 Å². The molecule has 5 nitrogen and oxygen atoms in total. The van der Waals surface area contributed by atoms with Crippen LogP contribution >= 0.6 is 0 Å². The lowest BCUT2D eigenvalue weighted by Crippen LogP contribution is -2.32. The fourth-order valence-electron chi connectivity index (χ4n) is 3.13. The van der Waals surface area contributed by atoms with E-state index in [-0.39, 0.29) is 17.7 Å². The zero-order valence-corrected chi connectivity index (χ0v) is 15.2. The summed E-state index contributed by atoms with van der Waals surface area (Å²) in [6.07, 6.45) is 0.667. The van der Waals surface area contributed by atoms with Gasteiger partial charge in [0.1, 0.15) is 12.4 Å². The number of ether oxygens (including phenoxy) is 1. The lowest BCUT2D eigenvalue weighted by molar-refractivity contribution is -0.121. The Morgan fingerprint density at radius 1 is 1.08 bits per heavy atom. The maximum atomic E-state index is 12.5. The molecule has 5 heteroatoms. The molecule has 136 valence electrons. The zero-order valence-electron chi connectivity index (χ0n) is 15.2. The summed E-state index contributed by atoms with van der Waals surface area (Å²) in [6.45, 7) is 5.65. The van der Waals surface area contributed by atoms with Crippen LogP contribution in [0.25, 0.3) is 0 Å². The number of para-hydroxylation sites is 1. The van der Waals surface area contributed by atoms with Crippen LogP contribution in [0.5, 0.6) is 5.75 Å². The van der Waals surface area contributed by atoms with Crippen molar-refractivity contribution in [2.45, 2.75) is 20.3 Å². The highest BCUT2D eigenvalue weighted by Crippen LogP contribution is 2.27. The molecule has 1 atom stereocenters. The summed E-state index contributed by atoms with van der Waals surface area (Å²) in [5.74, 6) is 0.574. The first kappa shape index (κ1) is 18.0. The van der Waals surface area contributed by atoms with Crippen LogP contribution in [-0.2, 0) is 11.2 Å². The molecular weight excluding hydrogens is 328 g/mol. The highest BCUT2D eigenvalue weighted by Gasteiger charge is 2.25. The van der Waals surface area contributed by atoms with Gasteiger partial charge in [0.2, 0.25) is 5.91 Å². The summed E-state index contributed by atoms with van der Waals surface area (Å²) in [7, 11) is 0. The molecule has 0 aromatic heterocycles. The molecule has 0 radical (unpaired) electrons. The Hall–Kier alpha value is -2.82. The van der Waals surface area contributed by atoms with Gasteiger partial charge in [0.25, 0.3) is 5.91 Å². The van der Waals surface area contributed by atoms with Crippen molar-refractivity contribution in [2.24, 2.45) is 5.92 Å². The van der Waals surface area contributed by atoms with E-state index >= 15 is 0 Å². The molecule has 1 unspecified atom stereocenters. The van der Waals surface area contributed by atoms with Gasteiger partial charge >= 0.3 is 0 Å². The van der Waals surface area contributed by atoms with Gasteiger partial charge < -0.3 is 15.0 Å². The molecule has 2 aromatic carbocycles. The number of carbonyl (C=O) groups is 2. The summed E-state index contributed by atoms with van der Waals surface area (Å²) >= 11 is 0. The molecule has 1 heterocycles. The van der Waals surface area contributed by atoms with E-state index in [9.17, 15) is 9.59 Å². The van der Waals surface area contributed by atoms with Crippen LogP contribution in [0.4, 0.5) is 5.69 Å². The number of rotatable bonds is 5. The SMILES string of the molecule is CCN(CC)C(=O)c1ccc(NC(=O)C2COc3ccccc3C2)cc1. The minimum absolute atomic E-state index is 0.00478. The lowest BCUT2D eigenvalue weighted by Gasteiger charge is -2.24. The molecule has 2 amide bonds. The third-order valence-electron chi connectivity index (χ3n) is 4.70. The first-order chi connectivity index (χ1) is 12.6. The predicted octanol–water partition coefficient (Wildman–Crippen LogP) is 3.36. The molecule has 1 aliphatic rings. The number of nitrogens with zero attached hydrogens (tertiary/aromatic N) is 1. The highest BCUT2D eigenvalue weighted by molar-refractivity contribution is 5.96. The largest absolute Gasteiger partial charge is 0.492 e. The summed E-state index contributed by atoms with van der Waals surface area (Å²) < 4.78 is 5.69. The Kier molecular flexibility index (Phi) is 5.56. The van der Waals surface area contributed by atoms with E-state index in [0.29, 0.717) is 37.4 Å². The fourth-order valence-corrected chi connectivity index (χ4v) is 3.13. The molecule has 1 N–H and O–H groups in total. The topological polar surface area (TPSA) is 58.6 Å². The normalized spacial score (nSPS) is 15.5. The first-order valence-corrected chi connectivity index (χ1v) is 9.03. The maximum absolute atomic E-state index is 12.5. The Morgan fingerprint density at radius 3 is 2.46 bits per heavy atom. The number of anilines is 1. The van der Waals surface area contributed by atoms with E-state index in [1.54, 1.807) is 29.2 Å². The van der Waals surface area contributed by atoms with Gasteiger partial charge in [-0.2, -0.15) is 0 Å². The van der Waals surface area contributed by atoms with Crippen molar-refractivity contribution in [3.63, 3.8) is 0 Å². The Labute approximate surface area is 154 Å². The maximum Gasteiger partial charge on any atom is 0.253 e. The molecule has 3 rings (SSSR count). The molecule has 0 spiro atoms. The summed E-state index contributed by atoms with van der Waals surface area (Å²) in [6, 6.07) is 14.8. The number of hydrogen-bond acceptors (Lipinski definition) is 3. The lowest BCUT2D eigenvalue weighted by atomic mass is 9.96. The smallest absolute Gasteiger partial charge is 0.253 e. The van der Waals surface area contributed by atoms with Crippen LogP contribution in [0.2, 0.25) is 0 Å². The van der Waals surface area contributed by atoms with Gasteiger partial charge in [-0.1, -0.05) is 18.2 Å². The second-order valence-corrected chi connectivity index (χ2v) is 6.36. The summed E-state index contributed by atoms with van der Waals surface area (Å²) in [5, 5.41) is 2.92. The zero-order chi connectivity index (χ0) is 18.5. The minimum atomic E-state index is -0.220. The van der Waals surface area contributed by atoms with Crippen molar-refractivity contribution in [3.8, 4) is 5.75 Å². The Bertz CT molecular complexity index is 782. The highest BCUT2D eigenvalue weighted by atomic mass is 16.5. The Morgan fingerprint density at radius 2 is 1.77 bits per heavy atom. The predicted molar refractivity (Wildman–Crippen MR) is 101 cm³/mol. The van der Waals surface area contributed by atoms with Crippen LogP contribution in [-0.4, -0.2) is 36.4 Å². The number of carbonyl (C=O) groups excluding carboxylic acids is 2. The molecule has 2 aromatic rings. The van der Waals surface area contributed by atoms with E-state index in [1.807, 2.05) is 38.1 Å². The van der Waals surface area contributed by atoms with Crippen molar-refractivity contribution in [2.75, 3.05) is 25.0 Å². The number of amides is 2. The average Bonchev–Trinajstić information content (AvgIpc) is 2.69. The van der Waals surface area contributed by atoms with Gasteiger partial charge in [-0.3, -0.25) is 9.59 Å². The van der Waals surface area contributed by atoms with E-state index in [2.05, 4.69) is 5.32 Å². The van der Waals surface area contributed by atoms with Crippen molar-refractivity contribution in [3.05, 3.63) is 59.7 Å². The molecule has 0 saturated heterocycles. The van der Waals surface area contributed by atoms with Gasteiger partial charge in [0.05, 0.1) is 5.92 Å². The fraction of sp³-hybridized carbons (Fsp3) is 0.333. The number of fused-ring (bicyclic) bond motifs is 1. The van der Waals surface area contributed by atoms with Gasteiger partial charge in [0.15, 0.2) is 0 Å². The van der Waals surface area contributed by atoms with Gasteiger partial charge in [-0.05, 0) is 56.2 Å². The third kappa shape index (κ3) is 3.87. The second kappa shape index (κ2) is 8.04. The molecule has 0 aliphatic carbocycles. The molecule has 0 saturated carbocycles.